The lowest BCUT2D eigenvalue weighted by Gasteiger charge is -2.29. The first-order chi connectivity index (χ1) is 18.6. The van der Waals surface area contributed by atoms with Gasteiger partial charge < -0.3 is 9.64 Å². The highest BCUT2D eigenvalue weighted by atomic mass is 32.2. The number of nitrogens with one attached hydrogen (secondary N) is 1. The van der Waals surface area contributed by atoms with Gasteiger partial charge in [-0.25, -0.2) is 13.8 Å². The number of sulfonamides is 1. The van der Waals surface area contributed by atoms with Crippen LogP contribution in [0.3, 0.4) is 0 Å². The third kappa shape index (κ3) is 6.78. The largest absolute Gasteiger partial charge is 0.378 e. The SMILES string of the molecule is Cc1cc(C)cc(N(CC(=O)N/N=C/c2cc([N+](=O)[O-])ccc2N2CCOCC2)S(=O)(=O)c2ccccc2)c1. The molecule has 0 spiro atoms. The van der Waals surface area contributed by atoms with Gasteiger partial charge in [-0.15, -0.1) is 0 Å². The van der Waals surface area contributed by atoms with Crippen LogP contribution >= 0.6 is 0 Å². The smallest absolute Gasteiger partial charge is 0.270 e. The minimum absolute atomic E-state index is 0.0483. The van der Waals surface area contributed by atoms with E-state index in [1.54, 1.807) is 36.4 Å². The number of rotatable bonds is 9. The van der Waals surface area contributed by atoms with E-state index >= 15 is 0 Å². The van der Waals surface area contributed by atoms with Gasteiger partial charge in [-0.05, 0) is 55.3 Å². The molecule has 3 aromatic rings. The second kappa shape index (κ2) is 12.0. The predicted octanol–water partition coefficient (Wildman–Crippen LogP) is 3.39. The van der Waals surface area contributed by atoms with E-state index in [9.17, 15) is 23.3 Å². The van der Waals surface area contributed by atoms with Gasteiger partial charge in [0.15, 0.2) is 0 Å². The molecule has 0 aliphatic carbocycles. The summed E-state index contributed by atoms with van der Waals surface area (Å²) in [6.07, 6.45) is 1.32. The Balaban J connectivity index is 1.59. The van der Waals surface area contributed by atoms with E-state index in [0.717, 1.165) is 15.4 Å². The number of aryl methyl sites for hydroxylation is 2. The molecule has 0 bridgehead atoms. The number of carbonyl (C=O) groups is 1. The minimum atomic E-state index is -4.07. The Bertz CT molecular complexity index is 1470. The molecule has 3 aromatic carbocycles. The summed E-state index contributed by atoms with van der Waals surface area (Å²) in [4.78, 5) is 25.9. The zero-order valence-electron chi connectivity index (χ0n) is 21.6. The van der Waals surface area contributed by atoms with Crippen molar-refractivity contribution in [2.75, 3.05) is 42.1 Å². The molecule has 1 amide bonds. The fraction of sp³-hybridized carbons (Fsp3) is 0.259. The van der Waals surface area contributed by atoms with Crippen LogP contribution in [-0.2, 0) is 19.6 Å². The Kier molecular flexibility index (Phi) is 8.57. The number of nitrogens with zero attached hydrogens (tertiary/aromatic N) is 4. The lowest BCUT2D eigenvalue weighted by atomic mass is 10.1. The number of morpholine rings is 1. The third-order valence-corrected chi connectivity index (χ3v) is 7.87. The number of amides is 1. The second-order valence-corrected chi connectivity index (χ2v) is 10.9. The molecule has 1 aliphatic heterocycles. The number of nitro groups is 1. The van der Waals surface area contributed by atoms with Crippen LogP contribution in [0.5, 0.6) is 0 Å². The average molecular weight is 552 g/mol. The number of benzene rings is 3. The summed E-state index contributed by atoms with van der Waals surface area (Å²) in [6.45, 7) is 5.42. The Hall–Kier alpha value is -4.29. The van der Waals surface area contributed by atoms with Gasteiger partial charge in [0.25, 0.3) is 21.6 Å². The van der Waals surface area contributed by atoms with Crippen molar-refractivity contribution in [2.45, 2.75) is 18.7 Å². The number of hydrogen-bond acceptors (Lipinski definition) is 8. The molecule has 1 N–H and O–H groups in total. The quantitative estimate of drug-likeness (QED) is 0.245. The van der Waals surface area contributed by atoms with Crippen LogP contribution in [0, 0.1) is 24.0 Å². The van der Waals surface area contributed by atoms with Crippen molar-refractivity contribution in [2.24, 2.45) is 5.10 Å². The molecule has 11 nitrogen and oxygen atoms in total. The summed E-state index contributed by atoms with van der Waals surface area (Å²) >= 11 is 0. The van der Waals surface area contributed by atoms with E-state index < -0.39 is 27.4 Å². The first-order valence-corrected chi connectivity index (χ1v) is 13.7. The van der Waals surface area contributed by atoms with Crippen molar-refractivity contribution in [1.29, 1.82) is 0 Å². The summed E-state index contributed by atoms with van der Waals surface area (Å²) in [7, 11) is -4.07. The van der Waals surface area contributed by atoms with Gasteiger partial charge in [-0.1, -0.05) is 24.3 Å². The zero-order valence-corrected chi connectivity index (χ0v) is 22.4. The first kappa shape index (κ1) is 27.7. The summed E-state index contributed by atoms with van der Waals surface area (Å²) in [5, 5.41) is 15.3. The summed E-state index contributed by atoms with van der Waals surface area (Å²) in [5.41, 5.74) is 5.45. The summed E-state index contributed by atoms with van der Waals surface area (Å²) in [5.74, 6) is -0.678. The normalized spacial score (nSPS) is 13.8. The van der Waals surface area contributed by atoms with E-state index in [2.05, 4.69) is 10.5 Å². The van der Waals surface area contributed by atoms with Crippen molar-refractivity contribution in [3.63, 3.8) is 0 Å². The van der Waals surface area contributed by atoms with Crippen molar-refractivity contribution in [3.05, 3.63) is 93.5 Å². The number of hydrogen-bond donors (Lipinski definition) is 1. The molecule has 0 saturated carbocycles. The maximum absolute atomic E-state index is 13.5. The molecule has 0 aromatic heterocycles. The standard InChI is InChI=1S/C27H29N5O6S/c1-20-14-21(2)16-24(15-20)31(39(36,37)25-6-4-3-5-7-25)19-27(33)29-28-18-22-17-23(32(34)35)8-9-26(22)30-10-12-38-13-11-30/h3-9,14-18H,10-13,19H2,1-2H3,(H,29,33)/b28-18+. The number of carbonyl (C=O) groups excluding carboxylic acids is 1. The topological polar surface area (TPSA) is 134 Å². The molecule has 12 heteroatoms. The van der Waals surface area contributed by atoms with Gasteiger partial charge in [0.2, 0.25) is 0 Å². The first-order valence-electron chi connectivity index (χ1n) is 12.2. The van der Waals surface area contributed by atoms with Gasteiger partial charge in [-0.2, -0.15) is 5.10 Å². The lowest BCUT2D eigenvalue weighted by molar-refractivity contribution is -0.384. The van der Waals surface area contributed by atoms with Crippen LogP contribution in [0.15, 0.2) is 76.7 Å². The fourth-order valence-corrected chi connectivity index (χ4v) is 5.75. The molecule has 1 heterocycles. The third-order valence-electron chi connectivity index (χ3n) is 6.08. The highest BCUT2D eigenvalue weighted by Gasteiger charge is 2.27. The molecular weight excluding hydrogens is 522 g/mol. The van der Waals surface area contributed by atoms with Crippen LogP contribution in [0.4, 0.5) is 17.1 Å². The number of ether oxygens (including phenoxy) is 1. The molecule has 1 aliphatic rings. The Morgan fingerprint density at radius 1 is 1.08 bits per heavy atom. The molecule has 204 valence electrons. The van der Waals surface area contributed by atoms with E-state index in [1.165, 1.54) is 30.5 Å². The van der Waals surface area contributed by atoms with Crippen LogP contribution in [0.1, 0.15) is 16.7 Å². The maximum atomic E-state index is 13.5. The van der Waals surface area contributed by atoms with Crippen molar-refractivity contribution >= 4 is 39.2 Å². The molecule has 1 saturated heterocycles. The Morgan fingerprint density at radius 2 is 1.74 bits per heavy atom. The molecule has 0 unspecified atom stereocenters. The number of anilines is 2. The van der Waals surface area contributed by atoms with E-state index in [-0.39, 0.29) is 10.6 Å². The minimum Gasteiger partial charge on any atom is -0.378 e. The zero-order chi connectivity index (χ0) is 28.0. The van der Waals surface area contributed by atoms with E-state index in [0.29, 0.717) is 43.2 Å². The van der Waals surface area contributed by atoms with Gasteiger partial charge in [0.1, 0.15) is 6.54 Å². The molecule has 0 atom stereocenters. The van der Waals surface area contributed by atoms with Gasteiger partial charge in [0, 0.05) is 36.5 Å². The van der Waals surface area contributed by atoms with Crippen LogP contribution in [0.25, 0.3) is 0 Å². The predicted molar refractivity (Wildman–Crippen MR) is 149 cm³/mol. The average Bonchev–Trinajstić information content (AvgIpc) is 2.92. The molecular formula is C27H29N5O6S. The second-order valence-electron chi connectivity index (χ2n) is 9.06. The van der Waals surface area contributed by atoms with Gasteiger partial charge in [-0.3, -0.25) is 19.2 Å². The van der Waals surface area contributed by atoms with Crippen LogP contribution in [0.2, 0.25) is 0 Å². The highest BCUT2D eigenvalue weighted by Crippen LogP contribution is 2.27. The fourth-order valence-electron chi connectivity index (χ4n) is 4.32. The maximum Gasteiger partial charge on any atom is 0.270 e. The van der Waals surface area contributed by atoms with Crippen LogP contribution in [-0.4, -0.2) is 58.3 Å². The lowest BCUT2D eigenvalue weighted by Crippen LogP contribution is -2.39. The molecule has 39 heavy (non-hydrogen) atoms. The molecule has 0 radical (unpaired) electrons. The van der Waals surface area contributed by atoms with Gasteiger partial charge >= 0.3 is 0 Å². The van der Waals surface area contributed by atoms with E-state index in [4.69, 9.17) is 4.74 Å². The number of non-ortho nitro benzene ring substituents is 1. The Labute approximate surface area is 226 Å². The number of hydrazone groups is 1. The summed E-state index contributed by atoms with van der Waals surface area (Å²) < 4.78 is 33.5. The van der Waals surface area contributed by atoms with Gasteiger partial charge in [0.05, 0.1) is 34.9 Å². The summed E-state index contributed by atoms with van der Waals surface area (Å²) in [6, 6.07) is 17.6. The van der Waals surface area contributed by atoms with Crippen molar-refractivity contribution in [1.82, 2.24) is 5.43 Å². The number of nitro benzene ring substituents is 1. The van der Waals surface area contributed by atoms with Crippen molar-refractivity contribution < 1.29 is 22.9 Å². The molecule has 4 rings (SSSR count). The Morgan fingerprint density at radius 3 is 2.38 bits per heavy atom. The van der Waals surface area contributed by atoms with E-state index in [1.807, 2.05) is 24.8 Å². The van der Waals surface area contributed by atoms with Crippen molar-refractivity contribution in [3.8, 4) is 0 Å². The molecule has 1 fully saturated rings. The van der Waals surface area contributed by atoms with Crippen LogP contribution < -0.4 is 14.6 Å². The highest BCUT2D eigenvalue weighted by molar-refractivity contribution is 7.92. The monoisotopic (exact) mass is 551 g/mol.